The smallest absolute Gasteiger partial charge is 0.130 e. The second-order valence-corrected chi connectivity index (χ2v) is 4.02. The average molecular weight is 239 g/mol. The predicted octanol–water partition coefficient (Wildman–Crippen LogP) is 0.575. The number of aliphatic hydroxyl groups is 2. The monoisotopic (exact) mass is 239 g/mol. The molecule has 0 radical (unpaired) electrons. The number of benzene rings is 1. The summed E-state index contributed by atoms with van der Waals surface area (Å²) in [6.07, 6.45) is -0.908. The minimum Gasteiger partial charge on any atom is -0.497 e. The fourth-order valence-corrected chi connectivity index (χ4v) is 1.86. The number of nitrogens with one attached hydrogen (secondary N) is 1. The summed E-state index contributed by atoms with van der Waals surface area (Å²) in [7, 11) is 1.62. The van der Waals surface area contributed by atoms with Gasteiger partial charge in [0, 0.05) is 12.1 Å². The lowest BCUT2D eigenvalue weighted by atomic mass is 10.2. The third-order valence-corrected chi connectivity index (χ3v) is 2.82. The minimum atomic E-state index is -0.615. The number of anilines is 1. The van der Waals surface area contributed by atoms with Gasteiger partial charge in [-0.2, -0.15) is 0 Å². The van der Waals surface area contributed by atoms with Gasteiger partial charge in [-0.25, -0.2) is 0 Å². The van der Waals surface area contributed by atoms with Crippen LogP contribution in [0.5, 0.6) is 5.75 Å². The molecule has 5 nitrogen and oxygen atoms in total. The zero-order chi connectivity index (χ0) is 12.3. The van der Waals surface area contributed by atoms with Crippen molar-refractivity contribution in [3.8, 4) is 5.75 Å². The third-order valence-electron chi connectivity index (χ3n) is 2.82. The van der Waals surface area contributed by atoms with Crippen LogP contribution in [0.1, 0.15) is 6.42 Å². The van der Waals surface area contributed by atoms with Gasteiger partial charge in [-0.15, -0.1) is 0 Å². The molecule has 1 heterocycles. The Bertz CT molecular complexity index is 354. The number of methoxy groups -OCH3 is 1. The molecule has 0 unspecified atom stereocenters. The first-order valence-electron chi connectivity index (χ1n) is 5.58. The van der Waals surface area contributed by atoms with Crippen LogP contribution in [0.25, 0.3) is 0 Å². The molecule has 5 heteroatoms. The molecule has 1 aliphatic rings. The van der Waals surface area contributed by atoms with E-state index in [1.54, 1.807) is 7.11 Å². The molecule has 1 fully saturated rings. The zero-order valence-corrected chi connectivity index (χ0v) is 9.67. The van der Waals surface area contributed by atoms with Gasteiger partial charge in [0.05, 0.1) is 19.8 Å². The number of hydrogen-bond acceptors (Lipinski definition) is 5. The van der Waals surface area contributed by atoms with Crippen molar-refractivity contribution in [2.45, 2.75) is 24.9 Å². The third kappa shape index (κ3) is 2.88. The first kappa shape index (κ1) is 12.2. The van der Waals surface area contributed by atoms with Crippen molar-refractivity contribution in [2.24, 2.45) is 0 Å². The lowest BCUT2D eigenvalue weighted by molar-refractivity contribution is -0.0149. The summed E-state index contributed by atoms with van der Waals surface area (Å²) in [5.74, 6) is 0.788. The average Bonchev–Trinajstić information content (AvgIpc) is 2.70. The van der Waals surface area contributed by atoms with Crippen molar-refractivity contribution in [3.05, 3.63) is 24.3 Å². The van der Waals surface area contributed by atoms with Gasteiger partial charge in [0.1, 0.15) is 18.1 Å². The highest BCUT2D eigenvalue weighted by molar-refractivity contribution is 5.46. The van der Waals surface area contributed by atoms with Crippen LogP contribution in [0.3, 0.4) is 0 Å². The van der Waals surface area contributed by atoms with E-state index in [0.29, 0.717) is 6.42 Å². The van der Waals surface area contributed by atoms with Gasteiger partial charge in [-0.3, -0.25) is 0 Å². The molecule has 0 spiro atoms. The van der Waals surface area contributed by atoms with Crippen molar-refractivity contribution in [3.63, 3.8) is 0 Å². The molecule has 1 aromatic carbocycles. The quantitative estimate of drug-likeness (QED) is 0.716. The largest absolute Gasteiger partial charge is 0.497 e. The van der Waals surface area contributed by atoms with Crippen LogP contribution in [0.4, 0.5) is 5.69 Å². The Labute approximate surface area is 100.0 Å². The Morgan fingerprint density at radius 2 is 2.12 bits per heavy atom. The van der Waals surface area contributed by atoms with Crippen LogP contribution in [0.15, 0.2) is 24.3 Å². The van der Waals surface area contributed by atoms with Crippen LogP contribution < -0.4 is 10.1 Å². The predicted molar refractivity (Wildman–Crippen MR) is 63.0 cm³/mol. The fraction of sp³-hybridized carbons (Fsp3) is 0.500. The normalized spacial score (nSPS) is 28.1. The van der Waals surface area contributed by atoms with E-state index in [-0.39, 0.29) is 12.8 Å². The minimum absolute atomic E-state index is 0.165. The first-order chi connectivity index (χ1) is 8.22. The van der Waals surface area contributed by atoms with E-state index in [1.165, 1.54) is 0 Å². The molecule has 2 rings (SSSR count). The standard InChI is InChI=1S/C12H17NO4/c1-16-9-4-2-8(3-5-9)13-12-6-10(15)11(7-14)17-12/h2-5,10-15H,6-7H2,1H3/t10-,11+,12+/m1/s1. The SMILES string of the molecule is COc1ccc(N[C@@H]2C[C@@H](O)[C@H](CO)O2)cc1. The Hall–Kier alpha value is -1.30. The summed E-state index contributed by atoms with van der Waals surface area (Å²) in [5.41, 5.74) is 0.890. The Morgan fingerprint density at radius 1 is 1.41 bits per heavy atom. The number of aliphatic hydroxyl groups excluding tert-OH is 2. The van der Waals surface area contributed by atoms with E-state index in [2.05, 4.69) is 5.32 Å². The van der Waals surface area contributed by atoms with Crippen molar-refractivity contribution in [1.82, 2.24) is 0 Å². The number of ether oxygens (including phenoxy) is 2. The van der Waals surface area contributed by atoms with Crippen molar-refractivity contribution in [1.29, 1.82) is 0 Å². The van der Waals surface area contributed by atoms with Crippen molar-refractivity contribution < 1.29 is 19.7 Å². The highest BCUT2D eigenvalue weighted by Gasteiger charge is 2.33. The van der Waals surface area contributed by atoms with E-state index < -0.39 is 12.2 Å². The molecule has 3 N–H and O–H groups in total. The number of rotatable bonds is 4. The summed E-state index contributed by atoms with van der Waals surface area (Å²) in [5, 5.41) is 21.7. The molecule has 0 saturated carbocycles. The van der Waals surface area contributed by atoms with Crippen LogP contribution in [-0.4, -0.2) is 42.4 Å². The highest BCUT2D eigenvalue weighted by Crippen LogP contribution is 2.23. The molecule has 1 saturated heterocycles. The maximum Gasteiger partial charge on any atom is 0.130 e. The Morgan fingerprint density at radius 3 is 2.65 bits per heavy atom. The second-order valence-electron chi connectivity index (χ2n) is 4.02. The van der Waals surface area contributed by atoms with E-state index in [9.17, 15) is 5.11 Å². The molecule has 94 valence electrons. The molecule has 1 aromatic rings. The molecule has 0 aromatic heterocycles. The Kier molecular flexibility index (Phi) is 3.83. The van der Waals surface area contributed by atoms with E-state index in [0.717, 1.165) is 11.4 Å². The topological polar surface area (TPSA) is 71.0 Å². The van der Waals surface area contributed by atoms with Crippen molar-refractivity contribution >= 4 is 5.69 Å². The number of hydrogen-bond donors (Lipinski definition) is 3. The van der Waals surface area contributed by atoms with Gasteiger partial charge in [0.15, 0.2) is 0 Å². The molecule has 1 aliphatic heterocycles. The maximum absolute atomic E-state index is 9.57. The molecule has 17 heavy (non-hydrogen) atoms. The molecular weight excluding hydrogens is 222 g/mol. The van der Waals surface area contributed by atoms with Crippen LogP contribution in [-0.2, 0) is 4.74 Å². The molecule has 3 atom stereocenters. The van der Waals surface area contributed by atoms with Crippen molar-refractivity contribution in [2.75, 3.05) is 19.0 Å². The first-order valence-corrected chi connectivity index (χ1v) is 5.58. The van der Waals surface area contributed by atoms with Gasteiger partial charge in [0.2, 0.25) is 0 Å². The van der Waals surface area contributed by atoms with E-state index in [4.69, 9.17) is 14.6 Å². The van der Waals surface area contributed by atoms with Gasteiger partial charge in [-0.1, -0.05) is 0 Å². The summed E-state index contributed by atoms with van der Waals surface area (Å²) in [4.78, 5) is 0. The summed E-state index contributed by atoms with van der Waals surface area (Å²) >= 11 is 0. The van der Waals surface area contributed by atoms with Gasteiger partial charge < -0.3 is 25.0 Å². The van der Waals surface area contributed by atoms with Crippen LogP contribution >= 0.6 is 0 Å². The van der Waals surface area contributed by atoms with Crippen LogP contribution in [0.2, 0.25) is 0 Å². The maximum atomic E-state index is 9.57. The zero-order valence-electron chi connectivity index (χ0n) is 9.67. The van der Waals surface area contributed by atoms with E-state index >= 15 is 0 Å². The van der Waals surface area contributed by atoms with Crippen LogP contribution in [0, 0.1) is 0 Å². The highest BCUT2D eigenvalue weighted by atomic mass is 16.5. The molecule has 0 bridgehead atoms. The van der Waals surface area contributed by atoms with E-state index in [1.807, 2.05) is 24.3 Å². The van der Waals surface area contributed by atoms with Gasteiger partial charge in [-0.05, 0) is 24.3 Å². The molecule has 0 amide bonds. The lowest BCUT2D eigenvalue weighted by Gasteiger charge is -2.15. The Balaban J connectivity index is 1.93. The second kappa shape index (κ2) is 5.35. The summed E-state index contributed by atoms with van der Waals surface area (Å²) in [6, 6.07) is 7.44. The summed E-state index contributed by atoms with van der Waals surface area (Å²) in [6.45, 7) is -0.165. The molecular formula is C12H17NO4. The fourth-order valence-electron chi connectivity index (χ4n) is 1.86. The van der Waals surface area contributed by atoms with Gasteiger partial charge in [0.25, 0.3) is 0 Å². The lowest BCUT2D eigenvalue weighted by Crippen LogP contribution is -2.25. The van der Waals surface area contributed by atoms with Gasteiger partial charge >= 0.3 is 0 Å². The molecule has 0 aliphatic carbocycles. The summed E-state index contributed by atoms with van der Waals surface area (Å²) < 4.78 is 10.5.